The van der Waals surface area contributed by atoms with Crippen molar-refractivity contribution in [3.05, 3.63) is 0 Å². The van der Waals surface area contributed by atoms with E-state index in [2.05, 4.69) is 21.2 Å². The summed E-state index contributed by atoms with van der Waals surface area (Å²) in [4.78, 5) is 0. The zero-order valence-electron chi connectivity index (χ0n) is 7.31. The fraction of sp³-hybridized carbons (Fsp3) is 1.00. The highest BCUT2D eigenvalue weighted by molar-refractivity contribution is 9.09. The molecule has 0 aliphatic carbocycles. The van der Waals surface area contributed by atoms with Crippen LogP contribution in [-0.2, 0) is 4.74 Å². The van der Waals surface area contributed by atoms with Crippen LogP contribution >= 0.6 is 15.9 Å². The van der Waals surface area contributed by atoms with Crippen molar-refractivity contribution in [2.24, 2.45) is 0 Å². The van der Waals surface area contributed by atoms with E-state index in [9.17, 15) is 0 Å². The monoisotopic (exact) mass is 233 g/mol. The lowest BCUT2D eigenvalue weighted by atomic mass is 9.87. The van der Waals surface area contributed by atoms with Crippen LogP contribution in [0.5, 0.6) is 0 Å². The summed E-state index contributed by atoms with van der Waals surface area (Å²) in [5.74, 6) is 0. The van der Waals surface area contributed by atoms with Crippen molar-refractivity contribution in [3.63, 3.8) is 0 Å². The second-order valence-electron chi connectivity index (χ2n) is 3.96. The molecule has 70 valence electrons. The molecule has 0 saturated carbocycles. The Morgan fingerprint density at radius 3 is 3.00 bits per heavy atom. The van der Waals surface area contributed by atoms with E-state index in [-0.39, 0.29) is 0 Å². The largest absolute Gasteiger partial charge is 0.375 e. The molecule has 2 heterocycles. The topological polar surface area (TPSA) is 21.3 Å². The average molecular weight is 234 g/mol. The molecular formula is C9H16BrNO. The van der Waals surface area contributed by atoms with Crippen molar-refractivity contribution in [1.29, 1.82) is 0 Å². The van der Waals surface area contributed by atoms with Gasteiger partial charge in [-0.05, 0) is 25.8 Å². The van der Waals surface area contributed by atoms with Crippen LogP contribution < -0.4 is 5.32 Å². The standard InChI is InChI=1S/C9H16BrNO/c10-6-8-5-9(7-12-8)3-1-2-4-11-9/h8,11H,1-7H2/t8-,9-/m1/s1. The van der Waals surface area contributed by atoms with Crippen molar-refractivity contribution in [2.75, 3.05) is 18.5 Å². The van der Waals surface area contributed by atoms with E-state index < -0.39 is 0 Å². The first kappa shape index (κ1) is 8.97. The highest BCUT2D eigenvalue weighted by Gasteiger charge is 2.40. The van der Waals surface area contributed by atoms with Crippen LogP contribution in [0.3, 0.4) is 0 Å². The van der Waals surface area contributed by atoms with Crippen LogP contribution in [-0.4, -0.2) is 30.1 Å². The predicted molar refractivity (Wildman–Crippen MR) is 52.7 cm³/mol. The lowest BCUT2D eigenvalue weighted by Gasteiger charge is -2.33. The Hall–Kier alpha value is 0.400. The van der Waals surface area contributed by atoms with E-state index in [0.717, 1.165) is 11.9 Å². The van der Waals surface area contributed by atoms with Crippen LogP contribution in [0.15, 0.2) is 0 Å². The van der Waals surface area contributed by atoms with Crippen molar-refractivity contribution in [2.45, 2.75) is 37.3 Å². The molecule has 0 bridgehead atoms. The Balaban J connectivity index is 1.94. The van der Waals surface area contributed by atoms with E-state index >= 15 is 0 Å². The van der Waals surface area contributed by atoms with Crippen LogP contribution in [0, 0.1) is 0 Å². The van der Waals surface area contributed by atoms with Gasteiger partial charge in [-0.1, -0.05) is 22.4 Å². The minimum Gasteiger partial charge on any atom is -0.375 e. The molecule has 2 atom stereocenters. The number of alkyl halides is 1. The molecule has 2 rings (SSSR count). The minimum absolute atomic E-state index is 0.344. The van der Waals surface area contributed by atoms with Gasteiger partial charge >= 0.3 is 0 Å². The van der Waals surface area contributed by atoms with E-state index in [4.69, 9.17) is 4.74 Å². The molecule has 0 unspecified atom stereocenters. The van der Waals surface area contributed by atoms with Gasteiger partial charge in [0.05, 0.1) is 12.7 Å². The Labute approximate surface area is 82.2 Å². The zero-order chi connectivity index (χ0) is 8.44. The molecule has 0 aromatic rings. The molecule has 2 fully saturated rings. The number of nitrogens with one attached hydrogen (secondary N) is 1. The first-order valence-corrected chi connectivity index (χ1v) is 5.89. The van der Waals surface area contributed by atoms with Crippen LogP contribution in [0.2, 0.25) is 0 Å². The third-order valence-corrected chi connectivity index (χ3v) is 3.69. The van der Waals surface area contributed by atoms with Crippen molar-refractivity contribution in [1.82, 2.24) is 5.32 Å². The van der Waals surface area contributed by atoms with Gasteiger partial charge < -0.3 is 10.1 Å². The van der Waals surface area contributed by atoms with Crippen molar-refractivity contribution in [3.8, 4) is 0 Å². The molecule has 0 radical (unpaired) electrons. The van der Waals surface area contributed by atoms with Crippen molar-refractivity contribution < 1.29 is 4.74 Å². The van der Waals surface area contributed by atoms with Crippen molar-refractivity contribution >= 4 is 15.9 Å². The number of ether oxygens (including phenoxy) is 1. The molecular weight excluding hydrogens is 218 g/mol. The van der Waals surface area contributed by atoms with E-state index in [1.807, 2.05) is 0 Å². The zero-order valence-corrected chi connectivity index (χ0v) is 8.90. The predicted octanol–water partition coefficient (Wildman–Crippen LogP) is 1.68. The van der Waals surface area contributed by atoms with E-state index in [0.29, 0.717) is 11.6 Å². The molecule has 0 aromatic heterocycles. The summed E-state index contributed by atoms with van der Waals surface area (Å²) in [6.45, 7) is 2.10. The Kier molecular flexibility index (Phi) is 2.72. The Morgan fingerprint density at radius 2 is 2.42 bits per heavy atom. The molecule has 0 amide bonds. The van der Waals surface area contributed by atoms with Gasteiger partial charge in [0.2, 0.25) is 0 Å². The lowest BCUT2D eigenvalue weighted by molar-refractivity contribution is 0.111. The maximum absolute atomic E-state index is 5.69. The van der Waals surface area contributed by atoms with Crippen LogP contribution in [0.1, 0.15) is 25.7 Å². The van der Waals surface area contributed by atoms with Gasteiger partial charge in [-0.25, -0.2) is 0 Å². The summed E-state index contributed by atoms with van der Waals surface area (Å²) < 4.78 is 5.69. The second kappa shape index (κ2) is 3.64. The highest BCUT2D eigenvalue weighted by atomic mass is 79.9. The fourth-order valence-electron chi connectivity index (χ4n) is 2.26. The normalized spacial score (nSPS) is 42.2. The minimum atomic E-state index is 0.344. The SMILES string of the molecule is BrC[C@H]1C[C@]2(CCCCN2)CO1. The third kappa shape index (κ3) is 1.68. The second-order valence-corrected chi connectivity index (χ2v) is 4.60. The number of hydrogen-bond donors (Lipinski definition) is 1. The first-order chi connectivity index (χ1) is 5.85. The van der Waals surface area contributed by atoms with Gasteiger partial charge in [-0.3, -0.25) is 0 Å². The fourth-order valence-corrected chi connectivity index (χ4v) is 2.67. The number of rotatable bonds is 1. The van der Waals surface area contributed by atoms with Gasteiger partial charge in [0.25, 0.3) is 0 Å². The smallest absolute Gasteiger partial charge is 0.0691 e. The third-order valence-electron chi connectivity index (χ3n) is 2.97. The molecule has 2 aliphatic heterocycles. The molecule has 2 nitrogen and oxygen atoms in total. The molecule has 2 aliphatic rings. The van der Waals surface area contributed by atoms with Crippen LogP contribution in [0.4, 0.5) is 0 Å². The maximum atomic E-state index is 5.69. The highest BCUT2D eigenvalue weighted by Crippen LogP contribution is 2.31. The summed E-state index contributed by atoms with van der Waals surface area (Å²) in [6, 6.07) is 0. The molecule has 0 aromatic carbocycles. The summed E-state index contributed by atoms with van der Waals surface area (Å²) in [5, 5.41) is 4.60. The summed E-state index contributed by atoms with van der Waals surface area (Å²) in [7, 11) is 0. The van der Waals surface area contributed by atoms with Crippen LogP contribution in [0.25, 0.3) is 0 Å². The molecule has 2 saturated heterocycles. The molecule has 12 heavy (non-hydrogen) atoms. The van der Waals surface area contributed by atoms with E-state index in [1.165, 1.54) is 32.2 Å². The first-order valence-electron chi connectivity index (χ1n) is 4.77. The number of hydrogen-bond acceptors (Lipinski definition) is 2. The average Bonchev–Trinajstić information content (AvgIpc) is 2.50. The molecule has 3 heteroatoms. The quantitative estimate of drug-likeness (QED) is 0.697. The van der Waals surface area contributed by atoms with Gasteiger partial charge in [-0.15, -0.1) is 0 Å². The van der Waals surface area contributed by atoms with Gasteiger partial charge in [-0.2, -0.15) is 0 Å². The molecule has 1 spiro atoms. The maximum Gasteiger partial charge on any atom is 0.0691 e. The number of piperidine rings is 1. The summed E-state index contributed by atoms with van der Waals surface area (Å²) >= 11 is 3.47. The summed E-state index contributed by atoms with van der Waals surface area (Å²) in [5.41, 5.74) is 0.344. The van der Waals surface area contributed by atoms with Gasteiger partial charge in [0.15, 0.2) is 0 Å². The lowest BCUT2D eigenvalue weighted by Crippen LogP contribution is -2.49. The molecule has 1 N–H and O–H groups in total. The Morgan fingerprint density at radius 1 is 1.50 bits per heavy atom. The van der Waals surface area contributed by atoms with Gasteiger partial charge in [0, 0.05) is 10.9 Å². The van der Waals surface area contributed by atoms with Gasteiger partial charge in [0.1, 0.15) is 0 Å². The number of halogens is 1. The summed E-state index contributed by atoms with van der Waals surface area (Å²) in [6.07, 6.45) is 5.64. The van der Waals surface area contributed by atoms with E-state index in [1.54, 1.807) is 0 Å². The Bertz CT molecular complexity index is 157.